The van der Waals surface area contributed by atoms with Gasteiger partial charge in [-0.1, -0.05) is 13.8 Å². The fourth-order valence-electron chi connectivity index (χ4n) is 19.8. The van der Waals surface area contributed by atoms with Crippen LogP contribution in [0, 0.1) is 136 Å². The maximum absolute atomic E-state index is 2.76. The average Bonchev–Trinajstić information content (AvgIpc) is 3.73. The van der Waals surface area contributed by atoms with Crippen LogP contribution in [0.1, 0.15) is 104 Å². The number of rotatable bonds is 4. The second kappa shape index (κ2) is 7.03. The van der Waals surface area contributed by atoms with Crippen molar-refractivity contribution in [3.8, 4) is 0 Å². The first-order valence-corrected chi connectivity index (χ1v) is 19.0. The summed E-state index contributed by atoms with van der Waals surface area (Å²) in [5.41, 5.74) is 0.606. The van der Waals surface area contributed by atoms with Crippen molar-refractivity contribution >= 4 is 0 Å². The zero-order valence-corrected chi connectivity index (χ0v) is 25.1. The van der Waals surface area contributed by atoms with Crippen LogP contribution in [-0.4, -0.2) is 0 Å². The Labute approximate surface area is 239 Å². The number of fused-ring (bicyclic) bond motifs is 32. The molecule has 12 aliphatic carbocycles. The molecular formula is C39H56. The summed E-state index contributed by atoms with van der Waals surface area (Å²) in [7, 11) is 0. The van der Waals surface area contributed by atoms with Crippen molar-refractivity contribution < 1.29 is 0 Å². The normalized spacial score (nSPS) is 70.3. The minimum absolute atomic E-state index is 0.606. The van der Waals surface area contributed by atoms with E-state index in [1.165, 1.54) is 118 Å². The van der Waals surface area contributed by atoms with Gasteiger partial charge in [0.05, 0.1) is 0 Å². The first-order valence-electron chi connectivity index (χ1n) is 19.0. The molecule has 0 aromatic rings. The van der Waals surface area contributed by atoms with Crippen molar-refractivity contribution in [1.29, 1.82) is 0 Å². The van der Waals surface area contributed by atoms with E-state index < -0.39 is 0 Å². The Kier molecular flexibility index (Phi) is 4.06. The SMILES string of the molecule is CC(C)(CC1CC2CC1C1C3CC(C4C5CCC(C5)C34)C21)CC1CC2CC1C1C3CC(C4C5CCC(C5)C34)C21. The lowest BCUT2D eigenvalue weighted by Gasteiger charge is -2.49. The van der Waals surface area contributed by atoms with E-state index in [1.807, 2.05) is 0 Å². The number of hydrogen-bond acceptors (Lipinski definition) is 0. The van der Waals surface area contributed by atoms with E-state index in [0.29, 0.717) is 5.41 Å². The maximum atomic E-state index is 2.76. The molecule has 12 fully saturated rings. The molecule has 22 unspecified atom stereocenters. The highest BCUT2D eigenvalue weighted by Gasteiger charge is 2.73. The molecule has 0 aromatic heterocycles. The van der Waals surface area contributed by atoms with Crippen molar-refractivity contribution in [3.63, 3.8) is 0 Å². The highest BCUT2D eigenvalue weighted by molar-refractivity contribution is 5.21. The molecule has 12 rings (SSSR count). The van der Waals surface area contributed by atoms with Crippen molar-refractivity contribution in [3.05, 3.63) is 0 Å². The molecular weight excluding hydrogens is 468 g/mol. The highest BCUT2D eigenvalue weighted by atomic mass is 14.8. The fourth-order valence-corrected chi connectivity index (χ4v) is 19.8. The summed E-state index contributed by atoms with van der Waals surface area (Å²) in [6.45, 7) is 5.53. The Balaban J connectivity index is 0.762. The number of hydrogen-bond donors (Lipinski definition) is 0. The standard InChI is InChI=1S/C39H56/c1-39(2,15-23-9-21-11-25(23)37-29-13-27(35(21)37)31-17-3-5-19(7-17)33(29)31)16-24-10-22-12-26(24)38-30-14-28(36(22)38)32-18-4-6-20(8-18)34(30)32/h17-38H,3-16H2,1-2H3. The van der Waals surface area contributed by atoms with E-state index in [0.717, 1.165) is 11.8 Å². The van der Waals surface area contributed by atoms with Gasteiger partial charge in [0.1, 0.15) is 0 Å². The third kappa shape index (κ3) is 2.51. The molecule has 22 atom stereocenters. The van der Waals surface area contributed by atoms with Gasteiger partial charge in [-0.15, -0.1) is 0 Å². The van der Waals surface area contributed by atoms with Crippen LogP contribution >= 0.6 is 0 Å². The molecule has 212 valence electrons. The first kappa shape index (κ1) is 22.5. The summed E-state index contributed by atoms with van der Waals surface area (Å²) < 4.78 is 0. The fraction of sp³-hybridized carbons (Fsp3) is 1.00. The largest absolute Gasteiger partial charge is 0.0599 e. The molecule has 39 heavy (non-hydrogen) atoms. The molecule has 0 heteroatoms. The Morgan fingerprint density at radius 2 is 0.718 bits per heavy atom. The van der Waals surface area contributed by atoms with Gasteiger partial charge in [-0.3, -0.25) is 0 Å². The molecule has 0 nitrogen and oxygen atoms in total. The van der Waals surface area contributed by atoms with Gasteiger partial charge in [0.25, 0.3) is 0 Å². The first-order chi connectivity index (χ1) is 19.0. The lowest BCUT2D eigenvalue weighted by Crippen LogP contribution is -2.43. The molecule has 0 aliphatic heterocycles. The van der Waals surface area contributed by atoms with Crippen molar-refractivity contribution in [2.45, 2.75) is 104 Å². The van der Waals surface area contributed by atoms with Crippen molar-refractivity contribution in [2.75, 3.05) is 0 Å². The van der Waals surface area contributed by atoms with E-state index in [2.05, 4.69) is 13.8 Å². The summed E-state index contributed by atoms with van der Waals surface area (Å²) in [6.07, 6.45) is 23.2. The minimum Gasteiger partial charge on any atom is -0.0599 e. The van der Waals surface area contributed by atoms with Crippen LogP contribution in [0.5, 0.6) is 0 Å². The Morgan fingerprint density at radius 1 is 0.359 bits per heavy atom. The zero-order chi connectivity index (χ0) is 25.1. The third-order valence-electron chi connectivity index (χ3n) is 19.3. The van der Waals surface area contributed by atoms with Crippen LogP contribution in [0.25, 0.3) is 0 Å². The predicted octanol–water partition coefficient (Wildman–Crippen LogP) is 9.19. The van der Waals surface area contributed by atoms with Crippen LogP contribution in [0.15, 0.2) is 0 Å². The second-order valence-electron chi connectivity index (χ2n) is 20.3. The molecule has 12 aliphatic rings. The zero-order valence-electron chi connectivity index (χ0n) is 25.1. The van der Waals surface area contributed by atoms with E-state index in [1.54, 1.807) is 89.9 Å². The van der Waals surface area contributed by atoms with Crippen LogP contribution in [-0.2, 0) is 0 Å². The summed E-state index contributed by atoms with van der Waals surface area (Å²) in [6, 6.07) is 0. The molecule has 12 saturated carbocycles. The maximum Gasteiger partial charge on any atom is -0.0318 e. The topological polar surface area (TPSA) is 0 Å². The predicted molar refractivity (Wildman–Crippen MR) is 155 cm³/mol. The third-order valence-corrected chi connectivity index (χ3v) is 19.3. The highest BCUT2D eigenvalue weighted by Crippen LogP contribution is 2.79. The van der Waals surface area contributed by atoms with Gasteiger partial charge in [0, 0.05) is 0 Å². The Morgan fingerprint density at radius 3 is 1.13 bits per heavy atom. The molecule has 0 saturated heterocycles. The van der Waals surface area contributed by atoms with Gasteiger partial charge in [-0.2, -0.15) is 0 Å². The monoisotopic (exact) mass is 524 g/mol. The molecule has 0 spiro atoms. The van der Waals surface area contributed by atoms with Crippen molar-refractivity contribution in [1.82, 2.24) is 0 Å². The minimum atomic E-state index is 0.606. The van der Waals surface area contributed by atoms with Gasteiger partial charge in [-0.25, -0.2) is 0 Å². The molecule has 0 N–H and O–H groups in total. The summed E-state index contributed by atoms with van der Waals surface area (Å²) in [5, 5.41) is 0. The van der Waals surface area contributed by atoms with Gasteiger partial charge in [0.15, 0.2) is 0 Å². The molecule has 0 heterocycles. The molecule has 0 amide bonds. The quantitative estimate of drug-likeness (QED) is 0.322. The smallest absolute Gasteiger partial charge is 0.0318 e. The lowest BCUT2D eigenvalue weighted by molar-refractivity contribution is -0.0101. The Hall–Kier alpha value is 0. The van der Waals surface area contributed by atoms with Crippen LogP contribution < -0.4 is 0 Å². The van der Waals surface area contributed by atoms with Crippen molar-refractivity contribution in [2.24, 2.45) is 136 Å². The summed E-state index contributed by atoms with van der Waals surface area (Å²) in [5.74, 6) is 26.2. The Bertz CT molecular complexity index is 1020. The van der Waals surface area contributed by atoms with Gasteiger partial charge in [-0.05, 0) is 226 Å². The van der Waals surface area contributed by atoms with Gasteiger partial charge in [0.2, 0.25) is 0 Å². The van der Waals surface area contributed by atoms with Crippen LogP contribution in [0.4, 0.5) is 0 Å². The van der Waals surface area contributed by atoms with E-state index in [-0.39, 0.29) is 0 Å². The van der Waals surface area contributed by atoms with Gasteiger partial charge >= 0.3 is 0 Å². The average molecular weight is 525 g/mol. The van der Waals surface area contributed by atoms with E-state index >= 15 is 0 Å². The summed E-state index contributed by atoms with van der Waals surface area (Å²) >= 11 is 0. The van der Waals surface area contributed by atoms with E-state index in [4.69, 9.17) is 0 Å². The second-order valence-corrected chi connectivity index (χ2v) is 20.3. The summed E-state index contributed by atoms with van der Waals surface area (Å²) in [4.78, 5) is 0. The van der Waals surface area contributed by atoms with Crippen LogP contribution in [0.2, 0.25) is 0 Å². The van der Waals surface area contributed by atoms with Crippen LogP contribution in [0.3, 0.4) is 0 Å². The molecule has 0 radical (unpaired) electrons. The molecule has 0 aromatic carbocycles. The lowest BCUT2D eigenvalue weighted by atomic mass is 9.56. The molecule has 12 bridgehead atoms. The van der Waals surface area contributed by atoms with E-state index in [9.17, 15) is 0 Å². The van der Waals surface area contributed by atoms with Gasteiger partial charge < -0.3 is 0 Å².